The summed E-state index contributed by atoms with van der Waals surface area (Å²) in [5.74, 6) is -0.769. The normalized spacial score (nSPS) is 13.8. The number of carbonyl (C=O) groups excluding carboxylic acids is 2. The lowest BCUT2D eigenvalue weighted by Gasteiger charge is -2.17. The van der Waals surface area contributed by atoms with Crippen molar-refractivity contribution in [3.8, 4) is 5.69 Å². The van der Waals surface area contributed by atoms with Crippen molar-refractivity contribution in [2.75, 3.05) is 20.3 Å². The highest BCUT2D eigenvalue weighted by atomic mass is 16.5. The molecule has 0 saturated carbocycles. The molecule has 32 heavy (non-hydrogen) atoms. The minimum atomic E-state index is -0.548. The number of esters is 1. The molecule has 0 spiro atoms. The zero-order valence-electron chi connectivity index (χ0n) is 19.1. The average molecular weight is 436 g/mol. The van der Waals surface area contributed by atoms with Crippen molar-refractivity contribution in [3.05, 3.63) is 70.3 Å². The number of hydrogen-bond acceptors (Lipinski definition) is 5. The molecule has 1 aliphatic carbocycles. The van der Waals surface area contributed by atoms with Crippen LogP contribution in [-0.2, 0) is 22.3 Å². The van der Waals surface area contributed by atoms with Gasteiger partial charge in [0.15, 0.2) is 12.3 Å². The van der Waals surface area contributed by atoms with Gasteiger partial charge in [-0.2, -0.15) is 5.10 Å². The first-order valence-electron chi connectivity index (χ1n) is 11.0. The standard InChI is InChI=1S/C25H29N3O4/c1-16-13-21(18(3)27(16)17(2)14-31-4)23(29)15-32-25(30)24-20-11-8-12-22(20)28(26-24)19-9-6-5-7-10-19/h5-7,9-10,13,17H,8,11-12,14-15H2,1-4H3/t17-/m0/s1. The van der Waals surface area contributed by atoms with E-state index in [1.807, 2.05) is 61.9 Å². The molecule has 0 aliphatic heterocycles. The van der Waals surface area contributed by atoms with Crippen molar-refractivity contribution in [3.63, 3.8) is 0 Å². The monoisotopic (exact) mass is 435 g/mol. The van der Waals surface area contributed by atoms with E-state index in [2.05, 4.69) is 9.67 Å². The summed E-state index contributed by atoms with van der Waals surface area (Å²) in [5.41, 5.74) is 5.59. The number of ketones is 1. The second-order valence-electron chi connectivity index (χ2n) is 8.33. The van der Waals surface area contributed by atoms with Gasteiger partial charge in [0.25, 0.3) is 0 Å². The maximum absolute atomic E-state index is 12.9. The fourth-order valence-electron chi connectivity index (χ4n) is 4.71. The van der Waals surface area contributed by atoms with Gasteiger partial charge in [-0.25, -0.2) is 9.48 Å². The van der Waals surface area contributed by atoms with E-state index >= 15 is 0 Å². The SMILES string of the molecule is COC[C@H](C)n1c(C)cc(C(=O)COC(=O)c2nn(-c3ccccc3)c3c2CCC3)c1C. The van der Waals surface area contributed by atoms with Crippen LogP contribution < -0.4 is 0 Å². The molecule has 2 aromatic heterocycles. The number of rotatable bonds is 8. The van der Waals surface area contributed by atoms with E-state index in [1.54, 1.807) is 7.11 Å². The van der Waals surface area contributed by atoms with E-state index in [4.69, 9.17) is 9.47 Å². The van der Waals surface area contributed by atoms with E-state index in [0.717, 1.165) is 47.6 Å². The number of fused-ring (bicyclic) bond motifs is 1. The first kappa shape index (κ1) is 22.0. The van der Waals surface area contributed by atoms with E-state index in [1.165, 1.54) is 0 Å². The zero-order chi connectivity index (χ0) is 22.8. The Kier molecular flexibility index (Phi) is 6.28. The molecule has 1 aliphatic rings. The Bertz CT molecular complexity index is 1140. The third-order valence-electron chi connectivity index (χ3n) is 6.09. The zero-order valence-corrected chi connectivity index (χ0v) is 19.1. The lowest BCUT2D eigenvalue weighted by atomic mass is 10.1. The molecule has 7 nitrogen and oxygen atoms in total. The summed E-state index contributed by atoms with van der Waals surface area (Å²) in [6, 6.07) is 11.7. The largest absolute Gasteiger partial charge is 0.453 e. The molecular formula is C25H29N3O4. The predicted molar refractivity (Wildman–Crippen MR) is 121 cm³/mol. The molecule has 2 heterocycles. The summed E-state index contributed by atoms with van der Waals surface area (Å²) in [6.07, 6.45) is 2.64. The molecule has 7 heteroatoms. The lowest BCUT2D eigenvalue weighted by Crippen LogP contribution is -2.17. The average Bonchev–Trinajstić information content (AvgIpc) is 3.46. The van der Waals surface area contributed by atoms with Gasteiger partial charge in [0.1, 0.15) is 0 Å². The van der Waals surface area contributed by atoms with Gasteiger partial charge in [-0.1, -0.05) is 18.2 Å². The number of nitrogens with zero attached hydrogens (tertiary/aromatic N) is 3. The van der Waals surface area contributed by atoms with E-state index in [0.29, 0.717) is 17.9 Å². The first-order valence-corrected chi connectivity index (χ1v) is 11.0. The minimum Gasteiger partial charge on any atom is -0.453 e. The number of aromatic nitrogens is 3. The van der Waals surface area contributed by atoms with Gasteiger partial charge in [0.2, 0.25) is 5.78 Å². The quantitative estimate of drug-likeness (QED) is 0.395. The molecule has 0 N–H and O–H groups in total. The van der Waals surface area contributed by atoms with E-state index < -0.39 is 5.97 Å². The second-order valence-corrected chi connectivity index (χ2v) is 8.33. The molecule has 0 radical (unpaired) electrons. The van der Waals surface area contributed by atoms with Gasteiger partial charge in [0, 0.05) is 35.3 Å². The van der Waals surface area contributed by atoms with Crippen molar-refractivity contribution in [1.29, 1.82) is 0 Å². The molecule has 0 unspecified atom stereocenters. The van der Waals surface area contributed by atoms with Crippen LogP contribution in [0.5, 0.6) is 0 Å². The summed E-state index contributed by atoms with van der Waals surface area (Å²) >= 11 is 0. The Labute approximate surface area is 187 Å². The number of Topliss-reactive ketones (excluding diaryl/α,β-unsaturated/α-hetero) is 1. The predicted octanol–water partition coefficient (Wildman–Crippen LogP) is 4.03. The van der Waals surface area contributed by atoms with Crippen molar-refractivity contribution < 1.29 is 19.1 Å². The van der Waals surface area contributed by atoms with Crippen LogP contribution in [0.3, 0.4) is 0 Å². The van der Waals surface area contributed by atoms with Gasteiger partial charge in [-0.3, -0.25) is 4.79 Å². The molecule has 3 aromatic rings. The van der Waals surface area contributed by atoms with Gasteiger partial charge in [-0.15, -0.1) is 0 Å². The maximum atomic E-state index is 12.9. The Morgan fingerprint density at radius 2 is 1.91 bits per heavy atom. The number of methoxy groups -OCH3 is 1. The van der Waals surface area contributed by atoms with Crippen LogP contribution in [0.4, 0.5) is 0 Å². The fraction of sp³-hybridized carbons (Fsp3) is 0.400. The smallest absolute Gasteiger partial charge is 0.359 e. The number of carbonyl (C=O) groups is 2. The fourth-order valence-corrected chi connectivity index (χ4v) is 4.71. The van der Waals surface area contributed by atoms with Crippen LogP contribution in [0.2, 0.25) is 0 Å². The van der Waals surface area contributed by atoms with Crippen LogP contribution in [0.15, 0.2) is 36.4 Å². The van der Waals surface area contributed by atoms with Crippen molar-refractivity contribution in [2.45, 2.75) is 46.1 Å². The van der Waals surface area contributed by atoms with Gasteiger partial charge in [-0.05, 0) is 58.2 Å². The van der Waals surface area contributed by atoms with Crippen molar-refractivity contribution in [2.24, 2.45) is 0 Å². The Hall–Kier alpha value is -3.19. The molecular weight excluding hydrogens is 406 g/mol. The van der Waals surface area contributed by atoms with Crippen LogP contribution in [0, 0.1) is 13.8 Å². The molecule has 0 amide bonds. The van der Waals surface area contributed by atoms with E-state index in [9.17, 15) is 9.59 Å². The summed E-state index contributed by atoms with van der Waals surface area (Å²) in [6.45, 7) is 6.15. The van der Waals surface area contributed by atoms with Gasteiger partial charge >= 0.3 is 5.97 Å². The van der Waals surface area contributed by atoms with Crippen LogP contribution in [0.25, 0.3) is 5.69 Å². The molecule has 0 fully saturated rings. The topological polar surface area (TPSA) is 75.3 Å². The number of benzene rings is 1. The molecule has 168 valence electrons. The number of aryl methyl sites for hydroxylation is 1. The highest BCUT2D eigenvalue weighted by Crippen LogP contribution is 2.28. The Morgan fingerprint density at radius 1 is 1.16 bits per heavy atom. The first-order chi connectivity index (χ1) is 15.4. The summed E-state index contributed by atoms with van der Waals surface area (Å²) in [7, 11) is 1.66. The van der Waals surface area contributed by atoms with Crippen LogP contribution in [0.1, 0.15) is 62.9 Å². The van der Waals surface area contributed by atoms with Crippen molar-refractivity contribution in [1.82, 2.24) is 14.3 Å². The Balaban J connectivity index is 1.51. The number of para-hydroxylation sites is 1. The van der Waals surface area contributed by atoms with E-state index in [-0.39, 0.29) is 18.4 Å². The van der Waals surface area contributed by atoms with Gasteiger partial charge < -0.3 is 14.0 Å². The van der Waals surface area contributed by atoms with Gasteiger partial charge in [0.05, 0.1) is 18.3 Å². The molecule has 0 saturated heterocycles. The van der Waals surface area contributed by atoms with Crippen molar-refractivity contribution >= 4 is 11.8 Å². The highest BCUT2D eigenvalue weighted by Gasteiger charge is 2.28. The molecule has 1 atom stereocenters. The maximum Gasteiger partial charge on any atom is 0.359 e. The minimum absolute atomic E-state index is 0.105. The molecule has 0 bridgehead atoms. The number of ether oxygens (including phenoxy) is 2. The Morgan fingerprint density at radius 3 is 2.62 bits per heavy atom. The third kappa shape index (κ3) is 4.00. The number of hydrogen-bond donors (Lipinski definition) is 0. The van der Waals surface area contributed by atoms with Crippen LogP contribution in [-0.4, -0.2) is 46.4 Å². The lowest BCUT2D eigenvalue weighted by molar-refractivity contribution is 0.0467. The highest BCUT2D eigenvalue weighted by molar-refractivity contribution is 6.00. The molecule has 4 rings (SSSR count). The molecule has 1 aromatic carbocycles. The summed E-state index contributed by atoms with van der Waals surface area (Å²) in [4.78, 5) is 25.7. The van der Waals surface area contributed by atoms with Crippen LogP contribution >= 0.6 is 0 Å². The summed E-state index contributed by atoms with van der Waals surface area (Å²) < 4.78 is 14.6. The summed E-state index contributed by atoms with van der Waals surface area (Å²) in [5, 5.41) is 4.54. The third-order valence-corrected chi connectivity index (χ3v) is 6.09. The second kappa shape index (κ2) is 9.12.